The number of sulfone groups is 1. The Labute approximate surface area is 197 Å². The van der Waals surface area contributed by atoms with Gasteiger partial charge in [0.05, 0.1) is 24.6 Å². The smallest absolute Gasteiger partial charge is 0.345 e. The number of nitrogens with zero attached hydrogens (tertiary/aromatic N) is 2. The van der Waals surface area contributed by atoms with E-state index in [4.69, 9.17) is 15.2 Å². The minimum Gasteiger partial charge on any atom is -0.492 e. The number of methoxy groups -OCH3 is 1. The predicted octanol–water partition coefficient (Wildman–Crippen LogP) is 2.24. The van der Waals surface area contributed by atoms with Gasteiger partial charge in [0.15, 0.2) is 26.4 Å². The second-order valence-corrected chi connectivity index (χ2v) is 11.0. The zero-order valence-corrected chi connectivity index (χ0v) is 20.6. The van der Waals surface area contributed by atoms with Gasteiger partial charge in [0.25, 0.3) is 0 Å². The van der Waals surface area contributed by atoms with Crippen LogP contribution in [0.1, 0.15) is 49.5 Å². The number of hydrogen-bond donors (Lipinski definition) is 1. The Balaban J connectivity index is 2.12. The molecule has 0 bridgehead atoms. The van der Waals surface area contributed by atoms with E-state index in [2.05, 4.69) is 0 Å². The molecule has 1 saturated heterocycles. The fraction of sp³-hybridized carbons (Fsp3) is 0.565. The average molecular weight is 496 g/mol. The molecule has 9 nitrogen and oxygen atoms in total. The van der Waals surface area contributed by atoms with Gasteiger partial charge >= 0.3 is 5.97 Å². The predicted molar refractivity (Wildman–Crippen MR) is 126 cm³/mol. The van der Waals surface area contributed by atoms with Crippen LogP contribution in [0.15, 0.2) is 15.9 Å². The molecule has 0 radical (unpaired) electrons. The summed E-state index contributed by atoms with van der Waals surface area (Å²) in [6, 6.07) is 0.722. The third kappa shape index (κ3) is 4.04. The molecule has 2 N–H and O–H groups in total. The number of carbonyl (C=O) groups excluding carboxylic acids is 1. The van der Waals surface area contributed by atoms with Gasteiger partial charge < -0.3 is 24.7 Å². The summed E-state index contributed by atoms with van der Waals surface area (Å²) in [5.74, 6) is -1.50. The van der Waals surface area contributed by atoms with Crippen molar-refractivity contribution < 1.29 is 27.1 Å². The molecule has 0 spiro atoms. The van der Waals surface area contributed by atoms with Crippen molar-refractivity contribution in [2.75, 3.05) is 38.0 Å². The number of hydrogen-bond acceptors (Lipinski definition) is 8. The Hall–Kier alpha value is -2.66. The minimum absolute atomic E-state index is 0.0464. The maximum absolute atomic E-state index is 15.6. The molecule has 0 amide bonds. The second kappa shape index (κ2) is 8.84. The van der Waals surface area contributed by atoms with Gasteiger partial charge in [-0.15, -0.1) is 0 Å². The van der Waals surface area contributed by atoms with E-state index in [1.54, 1.807) is 6.92 Å². The lowest BCUT2D eigenvalue weighted by Gasteiger charge is -2.26. The Morgan fingerprint density at radius 1 is 1.32 bits per heavy atom. The van der Waals surface area contributed by atoms with Gasteiger partial charge in [-0.3, -0.25) is 4.79 Å². The fourth-order valence-electron chi connectivity index (χ4n) is 4.81. The summed E-state index contributed by atoms with van der Waals surface area (Å²) in [5.41, 5.74) is 4.89. The average Bonchev–Trinajstić information content (AvgIpc) is 3.47. The highest BCUT2D eigenvalue weighted by Crippen LogP contribution is 2.46. The topological polar surface area (TPSA) is 121 Å². The van der Waals surface area contributed by atoms with E-state index in [0.29, 0.717) is 25.9 Å². The summed E-state index contributed by atoms with van der Waals surface area (Å²) in [5, 5.41) is -0.542. The highest BCUT2D eigenvalue weighted by Gasteiger charge is 2.39. The molecule has 2 atom stereocenters. The molecule has 0 unspecified atom stereocenters. The number of esters is 1. The lowest BCUT2D eigenvalue weighted by Crippen LogP contribution is -2.31. The van der Waals surface area contributed by atoms with Crippen molar-refractivity contribution in [1.82, 2.24) is 4.57 Å². The molecule has 186 valence electrons. The van der Waals surface area contributed by atoms with E-state index in [0.717, 1.165) is 18.7 Å². The molecule has 2 heterocycles. The molecule has 2 aromatic rings. The first-order valence-corrected chi connectivity index (χ1v) is 13.3. The van der Waals surface area contributed by atoms with Crippen molar-refractivity contribution in [2.24, 2.45) is 11.7 Å². The number of ether oxygens (including phenoxy) is 2. The first kappa shape index (κ1) is 24.5. The molecular formula is C23H30FN3O6S. The van der Waals surface area contributed by atoms with E-state index >= 15 is 4.39 Å². The molecule has 1 aliphatic heterocycles. The fourth-order valence-corrected chi connectivity index (χ4v) is 5.95. The largest absolute Gasteiger partial charge is 0.492 e. The molecule has 34 heavy (non-hydrogen) atoms. The highest BCUT2D eigenvalue weighted by atomic mass is 32.2. The molecule has 4 rings (SSSR count). The van der Waals surface area contributed by atoms with E-state index in [-0.39, 0.29) is 46.9 Å². The Bertz CT molecular complexity index is 1320. The molecule has 11 heteroatoms. The second-order valence-electron chi connectivity index (χ2n) is 9.09. The summed E-state index contributed by atoms with van der Waals surface area (Å²) < 4.78 is 53.5. The molecule has 1 aromatic heterocycles. The van der Waals surface area contributed by atoms with Crippen LogP contribution in [0.2, 0.25) is 0 Å². The maximum Gasteiger partial charge on any atom is 0.345 e. The standard InChI is InChI=1S/C23H30FN3O6S/c1-5-33-23(29)17-20(28)15-10-16(24)19(26-9-8-13(11-26)12(2)25)21(32-3)18(15)27(14-6-7-14)22(17)34(4,30)31/h10,12-14H,5-9,11,25H2,1-4H3/t12-,13+/m1/s1. The molecule has 1 aromatic carbocycles. The molecule has 2 aliphatic rings. The third-order valence-electron chi connectivity index (χ3n) is 6.56. The van der Waals surface area contributed by atoms with Gasteiger partial charge in [-0.25, -0.2) is 17.6 Å². The number of pyridine rings is 1. The van der Waals surface area contributed by atoms with Gasteiger partial charge in [0.1, 0.15) is 11.3 Å². The van der Waals surface area contributed by atoms with Crippen molar-refractivity contribution in [1.29, 1.82) is 0 Å². The van der Waals surface area contributed by atoms with Crippen LogP contribution in [-0.4, -0.2) is 58.1 Å². The van der Waals surface area contributed by atoms with Crippen molar-refractivity contribution in [3.05, 3.63) is 27.7 Å². The minimum atomic E-state index is -4.05. The number of aromatic nitrogens is 1. The van der Waals surface area contributed by atoms with Gasteiger partial charge in [-0.1, -0.05) is 0 Å². The lowest BCUT2D eigenvalue weighted by atomic mass is 10.0. The summed E-state index contributed by atoms with van der Waals surface area (Å²) >= 11 is 0. The molecule has 1 saturated carbocycles. The summed E-state index contributed by atoms with van der Waals surface area (Å²) in [6.07, 6.45) is 3.01. The number of benzene rings is 1. The zero-order chi connectivity index (χ0) is 24.9. The number of halogens is 1. The Kier molecular flexibility index (Phi) is 6.36. The third-order valence-corrected chi connectivity index (χ3v) is 7.66. The van der Waals surface area contributed by atoms with Gasteiger partial charge in [0, 0.05) is 31.4 Å². The van der Waals surface area contributed by atoms with Crippen LogP contribution in [0.5, 0.6) is 5.75 Å². The SMILES string of the molecule is CCOC(=O)c1c(S(C)(=O)=O)n(C2CC2)c2c(OC)c(N3CC[C@H]([C@@H](C)N)C3)c(F)cc2c1=O. The summed E-state index contributed by atoms with van der Waals surface area (Å²) in [4.78, 5) is 28.0. The molecular weight excluding hydrogens is 465 g/mol. The van der Waals surface area contributed by atoms with Crippen LogP contribution in [0.25, 0.3) is 10.9 Å². The van der Waals surface area contributed by atoms with Crippen molar-refractivity contribution in [3.63, 3.8) is 0 Å². The number of carbonyl (C=O) groups is 1. The van der Waals surface area contributed by atoms with Crippen LogP contribution in [0, 0.1) is 11.7 Å². The lowest BCUT2D eigenvalue weighted by molar-refractivity contribution is 0.0518. The first-order chi connectivity index (χ1) is 16.0. The van der Waals surface area contributed by atoms with E-state index in [1.807, 2.05) is 11.8 Å². The Morgan fingerprint density at radius 2 is 2.00 bits per heavy atom. The van der Waals surface area contributed by atoms with E-state index in [9.17, 15) is 18.0 Å². The van der Waals surface area contributed by atoms with E-state index < -0.39 is 37.6 Å². The van der Waals surface area contributed by atoms with Crippen LogP contribution in [-0.2, 0) is 14.6 Å². The molecule has 1 aliphatic carbocycles. The number of fused-ring (bicyclic) bond motifs is 1. The number of anilines is 1. The normalized spacial score (nSPS) is 19.5. The van der Waals surface area contributed by atoms with Crippen molar-refractivity contribution in [3.8, 4) is 5.75 Å². The summed E-state index contributed by atoms with van der Waals surface area (Å²) in [6.45, 7) is 4.46. The quantitative estimate of drug-likeness (QED) is 0.581. The van der Waals surface area contributed by atoms with Gasteiger partial charge in [-0.05, 0) is 45.1 Å². The van der Waals surface area contributed by atoms with Crippen molar-refractivity contribution in [2.45, 2.75) is 50.2 Å². The first-order valence-electron chi connectivity index (χ1n) is 11.4. The Morgan fingerprint density at radius 3 is 2.50 bits per heavy atom. The van der Waals surface area contributed by atoms with Crippen LogP contribution in [0.3, 0.4) is 0 Å². The maximum atomic E-state index is 15.6. The summed E-state index contributed by atoms with van der Waals surface area (Å²) in [7, 11) is -2.69. The zero-order valence-electron chi connectivity index (χ0n) is 19.8. The molecule has 2 fully saturated rings. The number of rotatable bonds is 7. The van der Waals surface area contributed by atoms with Crippen LogP contribution in [0.4, 0.5) is 10.1 Å². The monoisotopic (exact) mass is 495 g/mol. The van der Waals surface area contributed by atoms with Crippen LogP contribution >= 0.6 is 0 Å². The number of nitrogens with two attached hydrogens (primary N) is 1. The highest BCUT2D eigenvalue weighted by molar-refractivity contribution is 7.90. The van der Waals surface area contributed by atoms with Gasteiger partial charge in [-0.2, -0.15) is 0 Å². The van der Waals surface area contributed by atoms with E-state index in [1.165, 1.54) is 11.7 Å². The van der Waals surface area contributed by atoms with Crippen LogP contribution < -0.4 is 20.8 Å². The van der Waals surface area contributed by atoms with Gasteiger partial charge in [0.2, 0.25) is 5.43 Å². The van der Waals surface area contributed by atoms with Crippen molar-refractivity contribution >= 4 is 32.4 Å².